The van der Waals surface area contributed by atoms with Crippen molar-refractivity contribution in [1.82, 2.24) is 9.97 Å². The molecule has 0 aliphatic carbocycles. The highest BCUT2D eigenvalue weighted by atomic mass is 16.5. The molecule has 3 heterocycles. The third-order valence-corrected chi connectivity index (χ3v) is 4.82. The fraction of sp³-hybridized carbons (Fsp3) is 0.474. The van der Waals surface area contributed by atoms with Crippen LogP contribution >= 0.6 is 0 Å². The van der Waals surface area contributed by atoms with Gasteiger partial charge in [0.15, 0.2) is 0 Å². The molecule has 0 amide bonds. The molecule has 0 saturated carbocycles. The van der Waals surface area contributed by atoms with Crippen LogP contribution in [0.15, 0.2) is 36.5 Å². The fourth-order valence-electron chi connectivity index (χ4n) is 3.41. The lowest BCUT2D eigenvalue weighted by Gasteiger charge is -2.29. The van der Waals surface area contributed by atoms with Gasteiger partial charge in [0.25, 0.3) is 0 Å². The van der Waals surface area contributed by atoms with Gasteiger partial charge in [-0.3, -0.25) is 0 Å². The highest BCUT2D eigenvalue weighted by Crippen LogP contribution is 2.22. The van der Waals surface area contributed by atoms with E-state index in [0.29, 0.717) is 5.95 Å². The second-order valence-electron chi connectivity index (χ2n) is 6.56. The smallest absolute Gasteiger partial charge is 0.229 e. The van der Waals surface area contributed by atoms with E-state index in [1.165, 1.54) is 24.9 Å². The minimum atomic E-state index is 0.655. The quantitative estimate of drug-likeness (QED) is 0.924. The Morgan fingerprint density at radius 3 is 2.36 bits per heavy atom. The van der Waals surface area contributed by atoms with Crippen LogP contribution in [-0.4, -0.2) is 49.4 Å². The Kier molecular flexibility index (Phi) is 4.97. The number of benzene rings is 1. The molecule has 2 aliphatic heterocycles. The Bertz CT molecular complexity index is 678. The van der Waals surface area contributed by atoms with E-state index in [4.69, 9.17) is 4.74 Å². The van der Waals surface area contributed by atoms with Crippen LogP contribution in [0.2, 0.25) is 0 Å². The molecule has 2 saturated heterocycles. The average Bonchev–Trinajstić information content (AvgIpc) is 2.70. The van der Waals surface area contributed by atoms with E-state index < -0.39 is 0 Å². The molecule has 1 aromatic carbocycles. The van der Waals surface area contributed by atoms with Crippen molar-refractivity contribution in [3.05, 3.63) is 36.5 Å². The van der Waals surface area contributed by atoms with Crippen LogP contribution in [0.25, 0.3) is 0 Å². The monoisotopic (exact) mass is 339 g/mol. The van der Waals surface area contributed by atoms with E-state index in [0.717, 1.165) is 50.9 Å². The first-order chi connectivity index (χ1) is 12.4. The summed E-state index contributed by atoms with van der Waals surface area (Å²) in [5, 5.41) is 3.32. The zero-order chi connectivity index (χ0) is 16.9. The molecule has 2 aromatic rings. The van der Waals surface area contributed by atoms with Crippen molar-refractivity contribution in [3.63, 3.8) is 0 Å². The molecule has 0 spiro atoms. The summed E-state index contributed by atoms with van der Waals surface area (Å²) in [6.07, 6.45) is 5.65. The Morgan fingerprint density at radius 1 is 0.840 bits per heavy atom. The SMILES string of the molecule is c1cc(N2CCCCC2)nc(Nc2ccc(N3CCOCC3)cc2)n1. The molecule has 2 fully saturated rings. The number of piperidine rings is 1. The summed E-state index contributed by atoms with van der Waals surface area (Å²) in [5.41, 5.74) is 2.24. The molecular weight excluding hydrogens is 314 g/mol. The zero-order valence-electron chi connectivity index (χ0n) is 14.5. The zero-order valence-corrected chi connectivity index (χ0v) is 14.5. The van der Waals surface area contributed by atoms with Crippen molar-refractivity contribution in [2.24, 2.45) is 0 Å². The lowest BCUT2D eigenvalue weighted by Crippen LogP contribution is -2.36. The van der Waals surface area contributed by atoms with Crippen molar-refractivity contribution in [2.45, 2.75) is 19.3 Å². The molecule has 1 N–H and O–H groups in total. The summed E-state index contributed by atoms with van der Waals surface area (Å²) < 4.78 is 5.41. The largest absolute Gasteiger partial charge is 0.378 e. The molecule has 25 heavy (non-hydrogen) atoms. The van der Waals surface area contributed by atoms with Gasteiger partial charge >= 0.3 is 0 Å². The van der Waals surface area contributed by atoms with Crippen molar-refractivity contribution in [1.29, 1.82) is 0 Å². The van der Waals surface area contributed by atoms with Crippen LogP contribution < -0.4 is 15.1 Å². The van der Waals surface area contributed by atoms with Crippen molar-refractivity contribution >= 4 is 23.1 Å². The van der Waals surface area contributed by atoms with Crippen LogP contribution in [0, 0.1) is 0 Å². The predicted octanol–water partition coefficient (Wildman–Crippen LogP) is 3.05. The summed E-state index contributed by atoms with van der Waals surface area (Å²) in [4.78, 5) is 13.7. The molecule has 6 nitrogen and oxygen atoms in total. The van der Waals surface area contributed by atoms with Gasteiger partial charge in [0.05, 0.1) is 13.2 Å². The normalized spacial score (nSPS) is 18.2. The Labute approximate surface area is 148 Å². The van der Waals surface area contributed by atoms with Gasteiger partial charge in [-0.1, -0.05) is 0 Å². The van der Waals surface area contributed by atoms with E-state index in [2.05, 4.69) is 49.4 Å². The third-order valence-electron chi connectivity index (χ3n) is 4.82. The highest BCUT2D eigenvalue weighted by molar-refractivity contribution is 5.60. The number of anilines is 4. The first kappa shape index (κ1) is 16.1. The highest BCUT2D eigenvalue weighted by Gasteiger charge is 2.13. The van der Waals surface area contributed by atoms with Crippen molar-refractivity contribution in [3.8, 4) is 0 Å². The van der Waals surface area contributed by atoms with Gasteiger partial charge in [0, 0.05) is 43.8 Å². The molecule has 2 aliphatic rings. The van der Waals surface area contributed by atoms with E-state index in [1.807, 2.05) is 12.3 Å². The standard InChI is InChI=1S/C19H25N5O/c1-2-10-24(11-3-1)18-8-9-20-19(22-18)21-16-4-6-17(7-5-16)23-12-14-25-15-13-23/h4-9H,1-3,10-15H2,(H,20,21,22). The molecule has 1 aromatic heterocycles. The maximum Gasteiger partial charge on any atom is 0.229 e. The van der Waals surface area contributed by atoms with Gasteiger partial charge in [-0.2, -0.15) is 4.98 Å². The molecule has 0 atom stereocenters. The van der Waals surface area contributed by atoms with E-state index >= 15 is 0 Å². The minimum absolute atomic E-state index is 0.655. The number of hydrogen-bond donors (Lipinski definition) is 1. The van der Waals surface area contributed by atoms with Gasteiger partial charge in [0.2, 0.25) is 5.95 Å². The van der Waals surface area contributed by atoms with Gasteiger partial charge in [-0.25, -0.2) is 4.98 Å². The lowest BCUT2D eigenvalue weighted by atomic mass is 10.1. The summed E-state index contributed by atoms with van der Waals surface area (Å²) in [5.74, 6) is 1.67. The molecule has 0 bridgehead atoms. The van der Waals surface area contributed by atoms with Crippen LogP contribution in [-0.2, 0) is 4.74 Å². The van der Waals surface area contributed by atoms with Gasteiger partial charge in [-0.05, 0) is 49.6 Å². The number of rotatable bonds is 4. The molecule has 6 heteroatoms. The van der Waals surface area contributed by atoms with Gasteiger partial charge in [-0.15, -0.1) is 0 Å². The molecule has 0 unspecified atom stereocenters. The molecule has 4 rings (SSSR count). The Hall–Kier alpha value is -2.34. The van der Waals surface area contributed by atoms with Crippen molar-refractivity contribution in [2.75, 3.05) is 54.5 Å². The topological polar surface area (TPSA) is 53.5 Å². The van der Waals surface area contributed by atoms with Crippen LogP contribution in [0.5, 0.6) is 0 Å². The minimum Gasteiger partial charge on any atom is -0.378 e. The number of aromatic nitrogens is 2. The summed E-state index contributed by atoms with van der Waals surface area (Å²) in [6, 6.07) is 10.5. The number of nitrogens with one attached hydrogen (secondary N) is 1. The van der Waals surface area contributed by atoms with Crippen LogP contribution in [0.1, 0.15) is 19.3 Å². The Balaban J connectivity index is 1.43. The second-order valence-corrected chi connectivity index (χ2v) is 6.56. The number of nitrogens with zero attached hydrogens (tertiary/aromatic N) is 4. The first-order valence-electron chi connectivity index (χ1n) is 9.16. The van der Waals surface area contributed by atoms with E-state index in [9.17, 15) is 0 Å². The maximum absolute atomic E-state index is 5.41. The molecule has 0 radical (unpaired) electrons. The number of ether oxygens (including phenoxy) is 1. The van der Waals surface area contributed by atoms with Crippen LogP contribution in [0.3, 0.4) is 0 Å². The van der Waals surface area contributed by atoms with E-state index in [-0.39, 0.29) is 0 Å². The fourth-order valence-corrected chi connectivity index (χ4v) is 3.41. The van der Waals surface area contributed by atoms with Crippen LogP contribution in [0.4, 0.5) is 23.1 Å². The van der Waals surface area contributed by atoms with E-state index in [1.54, 1.807) is 0 Å². The first-order valence-corrected chi connectivity index (χ1v) is 9.16. The number of hydrogen-bond acceptors (Lipinski definition) is 6. The summed E-state index contributed by atoms with van der Waals surface area (Å²) >= 11 is 0. The maximum atomic E-state index is 5.41. The lowest BCUT2D eigenvalue weighted by molar-refractivity contribution is 0.122. The van der Waals surface area contributed by atoms with Gasteiger partial charge in [0.1, 0.15) is 5.82 Å². The Morgan fingerprint density at radius 2 is 1.60 bits per heavy atom. The van der Waals surface area contributed by atoms with Gasteiger partial charge < -0.3 is 19.9 Å². The third kappa shape index (κ3) is 4.02. The number of morpholine rings is 1. The molecular formula is C19H25N5O. The summed E-state index contributed by atoms with van der Waals surface area (Å²) in [6.45, 7) is 5.69. The second kappa shape index (κ2) is 7.70. The molecule has 132 valence electrons. The predicted molar refractivity (Wildman–Crippen MR) is 101 cm³/mol. The average molecular weight is 339 g/mol. The summed E-state index contributed by atoms with van der Waals surface area (Å²) in [7, 11) is 0. The van der Waals surface area contributed by atoms with Crippen molar-refractivity contribution < 1.29 is 4.74 Å².